The molecule has 1 saturated heterocycles. The Balaban J connectivity index is 2.28. The fourth-order valence-corrected chi connectivity index (χ4v) is 1.59. The van der Waals surface area contributed by atoms with Gasteiger partial charge in [-0.15, -0.1) is 0 Å². The van der Waals surface area contributed by atoms with Crippen LogP contribution in [0, 0.1) is 5.92 Å². The van der Waals surface area contributed by atoms with E-state index >= 15 is 0 Å². The third kappa shape index (κ3) is 3.56. The van der Waals surface area contributed by atoms with Gasteiger partial charge in [-0.25, -0.2) is 0 Å². The fraction of sp³-hybridized carbons (Fsp3) is 1.00. The maximum absolute atomic E-state index is 5.83. The van der Waals surface area contributed by atoms with E-state index in [4.69, 9.17) is 10.5 Å². The van der Waals surface area contributed by atoms with Crippen molar-refractivity contribution in [3.63, 3.8) is 0 Å². The van der Waals surface area contributed by atoms with Crippen LogP contribution in [0.5, 0.6) is 0 Å². The van der Waals surface area contributed by atoms with Crippen LogP contribution in [0.15, 0.2) is 0 Å². The Morgan fingerprint density at radius 1 is 1.36 bits per heavy atom. The molecule has 14 heavy (non-hydrogen) atoms. The number of nitrogens with two attached hydrogens (primary N) is 1. The summed E-state index contributed by atoms with van der Waals surface area (Å²) in [7, 11) is 0. The lowest BCUT2D eigenvalue weighted by molar-refractivity contribution is 0.0437. The van der Waals surface area contributed by atoms with Crippen molar-refractivity contribution < 1.29 is 4.74 Å². The summed E-state index contributed by atoms with van der Waals surface area (Å²) in [6.45, 7) is 9.32. The Hall–Kier alpha value is -0.120. The van der Waals surface area contributed by atoms with Crippen molar-refractivity contribution in [2.45, 2.75) is 45.2 Å². The highest BCUT2D eigenvalue weighted by Crippen LogP contribution is 2.19. The maximum Gasteiger partial charge on any atom is 0.0483 e. The number of ether oxygens (including phenoxy) is 1. The fourth-order valence-electron chi connectivity index (χ4n) is 1.59. The molecule has 1 aliphatic heterocycles. The second-order valence-electron chi connectivity index (χ2n) is 4.89. The molecule has 0 aromatic heterocycles. The Bertz CT molecular complexity index is 165. The third-order valence-electron chi connectivity index (χ3n) is 3.34. The van der Waals surface area contributed by atoms with Crippen LogP contribution in [-0.4, -0.2) is 31.3 Å². The molecule has 0 spiro atoms. The summed E-state index contributed by atoms with van der Waals surface area (Å²) in [4.78, 5) is 0. The van der Waals surface area contributed by atoms with Crippen LogP contribution in [0.4, 0.5) is 0 Å². The Kier molecular flexibility index (Phi) is 4.35. The molecule has 1 aliphatic rings. The molecular weight excluding hydrogens is 176 g/mol. The first-order valence-electron chi connectivity index (χ1n) is 5.62. The van der Waals surface area contributed by atoms with Gasteiger partial charge in [-0.1, -0.05) is 6.92 Å². The summed E-state index contributed by atoms with van der Waals surface area (Å²) < 4.78 is 5.35. The molecule has 0 aliphatic carbocycles. The van der Waals surface area contributed by atoms with E-state index in [-0.39, 0.29) is 11.6 Å². The molecule has 0 amide bonds. The average molecular weight is 200 g/mol. The lowest BCUT2D eigenvalue weighted by atomic mass is 9.91. The first-order valence-corrected chi connectivity index (χ1v) is 5.62. The Morgan fingerprint density at radius 2 is 1.93 bits per heavy atom. The minimum Gasteiger partial charge on any atom is -0.381 e. The van der Waals surface area contributed by atoms with Gasteiger partial charge in [0.2, 0.25) is 0 Å². The van der Waals surface area contributed by atoms with E-state index in [1.807, 2.05) is 0 Å². The van der Waals surface area contributed by atoms with E-state index in [1.165, 1.54) is 0 Å². The van der Waals surface area contributed by atoms with Crippen LogP contribution in [0.25, 0.3) is 0 Å². The van der Waals surface area contributed by atoms with E-state index in [9.17, 15) is 0 Å². The van der Waals surface area contributed by atoms with Gasteiger partial charge in [0.1, 0.15) is 0 Å². The monoisotopic (exact) mass is 200 g/mol. The first-order chi connectivity index (χ1) is 6.53. The Morgan fingerprint density at radius 3 is 2.43 bits per heavy atom. The highest BCUT2D eigenvalue weighted by Gasteiger charge is 2.27. The van der Waals surface area contributed by atoms with Gasteiger partial charge < -0.3 is 15.8 Å². The van der Waals surface area contributed by atoms with Crippen molar-refractivity contribution in [2.75, 3.05) is 19.8 Å². The van der Waals surface area contributed by atoms with Gasteiger partial charge in [-0.05, 0) is 39.2 Å². The summed E-state index contributed by atoms with van der Waals surface area (Å²) in [5.74, 6) is 0.537. The molecule has 2 unspecified atom stereocenters. The third-order valence-corrected chi connectivity index (χ3v) is 3.34. The van der Waals surface area contributed by atoms with Crippen molar-refractivity contribution in [2.24, 2.45) is 11.7 Å². The van der Waals surface area contributed by atoms with Gasteiger partial charge in [-0.3, -0.25) is 0 Å². The summed E-state index contributed by atoms with van der Waals surface area (Å²) in [5, 5.41) is 3.62. The van der Waals surface area contributed by atoms with Crippen LogP contribution in [0.2, 0.25) is 0 Å². The van der Waals surface area contributed by atoms with Crippen molar-refractivity contribution in [3.05, 3.63) is 0 Å². The number of hydrogen-bond donors (Lipinski definition) is 2. The van der Waals surface area contributed by atoms with E-state index in [2.05, 4.69) is 26.1 Å². The molecule has 1 fully saturated rings. The molecule has 0 saturated carbocycles. The molecule has 84 valence electrons. The predicted octanol–water partition coefficient (Wildman–Crippen LogP) is 1.13. The van der Waals surface area contributed by atoms with E-state index < -0.39 is 0 Å². The Labute approximate surface area is 87.4 Å². The quantitative estimate of drug-likeness (QED) is 0.715. The van der Waals surface area contributed by atoms with Crippen LogP contribution < -0.4 is 11.1 Å². The zero-order valence-corrected chi connectivity index (χ0v) is 9.68. The van der Waals surface area contributed by atoms with Gasteiger partial charge in [0.15, 0.2) is 0 Å². The second-order valence-corrected chi connectivity index (χ2v) is 4.89. The van der Waals surface area contributed by atoms with Gasteiger partial charge in [0, 0.05) is 24.8 Å². The number of nitrogens with one attached hydrogen (secondary N) is 1. The van der Waals surface area contributed by atoms with Crippen molar-refractivity contribution in [1.29, 1.82) is 0 Å². The van der Waals surface area contributed by atoms with Gasteiger partial charge in [0.25, 0.3) is 0 Å². The summed E-state index contributed by atoms with van der Waals surface area (Å²) >= 11 is 0. The second kappa shape index (κ2) is 5.10. The molecule has 0 bridgehead atoms. The van der Waals surface area contributed by atoms with Crippen molar-refractivity contribution in [3.8, 4) is 0 Å². The van der Waals surface area contributed by atoms with Crippen LogP contribution >= 0.6 is 0 Å². The average Bonchev–Trinajstić information content (AvgIpc) is 2.15. The van der Waals surface area contributed by atoms with Gasteiger partial charge >= 0.3 is 0 Å². The SMILES string of the molecule is CC(N)C(C)CNC1(C)CCOCC1. The highest BCUT2D eigenvalue weighted by molar-refractivity contribution is 4.86. The molecular formula is C11H24N2O. The molecule has 3 N–H and O–H groups in total. The van der Waals surface area contributed by atoms with Crippen molar-refractivity contribution >= 4 is 0 Å². The van der Waals surface area contributed by atoms with Gasteiger partial charge in [-0.2, -0.15) is 0 Å². The van der Waals surface area contributed by atoms with Crippen LogP contribution in [-0.2, 0) is 4.74 Å². The lowest BCUT2D eigenvalue weighted by Crippen LogP contribution is -2.49. The first kappa shape index (κ1) is 12.0. The normalized spacial score (nSPS) is 25.7. The minimum absolute atomic E-state index is 0.265. The molecule has 0 aromatic rings. The molecule has 3 nitrogen and oxygen atoms in total. The molecule has 3 heteroatoms. The molecule has 0 radical (unpaired) electrons. The molecule has 2 atom stereocenters. The minimum atomic E-state index is 0.265. The smallest absolute Gasteiger partial charge is 0.0483 e. The zero-order chi connectivity index (χ0) is 10.6. The number of rotatable bonds is 4. The lowest BCUT2D eigenvalue weighted by Gasteiger charge is -2.36. The number of hydrogen-bond acceptors (Lipinski definition) is 3. The van der Waals surface area contributed by atoms with Crippen molar-refractivity contribution in [1.82, 2.24) is 5.32 Å². The van der Waals surface area contributed by atoms with E-state index in [0.717, 1.165) is 32.6 Å². The molecule has 0 aromatic carbocycles. The standard InChI is InChI=1S/C11H24N2O/c1-9(10(2)12)8-13-11(3)4-6-14-7-5-11/h9-10,13H,4-8,12H2,1-3H3. The van der Waals surface area contributed by atoms with E-state index in [1.54, 1.807) is 0 Å². The topological polar surface area (TPSA) is 47.3 Å². The summed E-state index contributed by atoms with van der Waals surface area (Å²) in [6, 6.07) is 0.269. The largest absolute Gasteiger partial charge is 0.381 e. The van der Waals surface area contributed by atoms with Gasteiger partial charge in [0.05, 0.1) is 0 Å². The van der Waals surface area contributed by atoms with E-state index in [0.29, 0.717) is 5.92 Å². The molecule has 1 heterocycles. The summed E-state index contributed by atoms with van der Waals surface area (Å²) in [5.41, 5.74) is 6.10. The zero-order valence-electron chi connectivity index (χ0n) is 9.68. The highest BCUT2D eigenvalue weighted by atomic mass is 16.5. The van der Waals surface area contributed by atoms with Crippen LogP contribution in [0.3, 0.4) is 0 Å². The maximum atomic E-state index is 5.83. The summed E-state index contributed by atoms with van der Waals surface area (Å²) in [6.07, 6.45) is 2.22. The predicted molar refractivity (Wildman–Crippen MR) is 59.3 cm³/mol. The molecule has 1 rings (SSSR count). The van der Waals surface area contributed by atoms with Crippen LogP contribution in [0.1, 0.15) is 33.6 Å².